The molecule has 2 aromatic carbocycles. The summed E-state index contributed by atoms with van der Waals surface area (Å²) >= 11 is 0. The fraction of sp³-hybridized carbons (Fsp3) is 0.379. The SMILES string of the molecule is CC(C)NC[C@@](O)(C(=O)N1CCN(c2ncnc3c2C(C)C(=O)N3)CC1)c1ccc(Oc2ccccc2)cc1. The van der Waals surface area contributed by atoms with Crippen LogP contribution in [-0.2, 0) is 15.2 Å². The Morgan fingerprint density at radius 3 is 2.41 bits per heavy atom. The molecule has 1 saturated heterocycles. The minimum atomic E-state index is -1.75. The maximum atomic E-state index is 13.8. The van der Waals surface area contributed by atoms with E-state index in [0.717, 1.165) is 5.56 Å². The number of carbonyl (C=O) groups is 2. The van der Waals surface area contributed by atoms with Crippen molar-refractivity contribution in [3.05, 3.63) is 72.1 Å². The highest BCUT2D eigenvalue weighted by molar-refractivity contribution is 6.03. The number of benzene rings is 2. The Morgan fingerprint density at radius 2 is 1.74 bits per heavy atom. The van der Waals surface area contributed by atoms with Crippen molar-refractivity contribution in [2.75, 3.05) is 42.9 Å². The first-order valence-corrected chi connectivity index (χ1v) is 13.3. The van der Waals surface area contributed by atoms with Crippen LogP contribution in [0.4, 0.5) is 11.6 Å². The average molecular weight is 531 g/mol. The first-order chi connectivity index (χ1) is 18.8. The average Bonchev–Trinajstić information content (AvgIpc) is 3.25. The first-order valence-electron chi connectivity index (χ1n) is 13.3. The topological polar surface area (TPSA) is 120 Å². The Kier molecular flexibility index (Phi) is 7.49. The van der Waals surface area contributed by atoms with Crippen LogP contribution in [0.2, 0.25) is 0 Å². The molecule has 1 aromatic heterocycles. The van der Waals surface area contributed by atoms with Gasteiger partial charge in [0.25, 0.3) is 5.91 Å². The number of fused-ring (bicyclic) bond motifs is 1. The second kappa shape index (κ2) is 11.0. The number of aliphatic hydroxyl groups is 1. The van der Waals surface area contributed by atoms with E-state index in [2.05, 4.69) is 25.5 Å². The van der Waals surface area contributed by atoms with Gasteiger partial charge < -0.3 is 30.3 Å². The van der Waals surface area contributed by atoms with E-state index < -0.39 is 5.60 Å². The zero-order valence-corrected chi connectivity index (χ0v) is 22.4. The maximum absolute atomic E-state index is 13.8. The minimum Gasteiger partial charge on any atom is -0.457 e. The van der Waals surface area contributed by atoms with Gasteiger partial charge in [-0.15, -0.1) is 0 Å². The summed E-state index contributed by atoms with van der Waals surface area (Å²) in [6, 6.07) is 16.5. The highest BCUT2D eigenvalue weighted by Crippen LogP contribution is 2.37. The minimum absolute atomic E-state index is 0.0767. The third-order valence-electron chi connectivity index (χ3n) is 7.23. The molecule has 2 amide bonds. The lowest BCUT2D eigenvalue weighted by Crippen LogP contribution is -2.58. The number of anilines is 2. The molecule has 0 bridgehead atoms. The number of carbonyl (C=O) groups excluding carboxylic acids is 2. The van der Waals surface area contributed by atoms with E-state index in [0.29, 0.717) is 54.9 Å². The molecule has 5 rings (SSSR count). The molecule has 204 valence electrons. The van der Waals surface area contributed by atoms with Crippen LogP contribution in [0.5, 0.6) is 11.5 Å². The monoisotopic (exact) mass is 530 g/mol. The number of nitrogens with one attached hydrogen (secondary N) is 2. The largest absolute Gasteiger partial charge is 0.457 e. The van der Waals surface area contributed by atoms with E-state index >= 15 is 0 Å². The van der Waals surface area contributed by atoms with Crippen molar-refractivity contribution in [2.45, 2.75) is 38.3 Å². The molecule has 0 aliphatic carbocycles. The van der Waals surface area contributed by atoms with Gasteiger partial charge in [-0.25, -0.2) is 9.97 Å². The molecule has 10 heteroatoms. The number of rotatable bonds is 8. The van der Waals surface area contributed by atoms with Crippen LogP contribution >= 0.6 is 0 Å². The predicted molar refractivity (Wildman–Crippen MR) is 148 cm³/mol. The lowest BCUT2D eigenvalue weighted by atomic mass is 9.91. The van der Waals surface area contributed by atoms with Crippen LogP contribution in [0, 0.1) is 0 Å². The van der Waals surface area contributed by atoms with Crippen molar-refractivity contribution < 1.29 is 19.4 Å². The van der Waals surface area contributed by atoms with Gasteiger partial charge in [-0.2, -0.15) is 0 Å². The van der Waals surface area contributed by atoms with Gasteiger partial charge >= 0.3 is 0 Å². The molecular formula is C29H34N6O4. The van der Waals surface area contributed by atoms with Gasteiger partial charge in [-0.05, 0) is 36.8 Å². The summed E-state index contributed by atoms with van der Waals surface area (Å²) in [5.74, 6) is 1.80. The molecule has 10 nitrogen and oxygen atoms in total. The summed E-state index contributed by atoms with van der Waals surface area (Å²) < 4.78 is 5.89. The van der Waals surface area contributed by atoms with Crippen LogP contribution in [0.15, 0.2) is 60.9 Å². The number of hydrogen-bond acceptors (Lipinski definition) is 8. The van der Waals surface area contributed by atoms with Gasteiger partial charge in [0.15, 0.2) is 5.60 Å². The molecule has 2 aliphatic rings. The van der Waals surface area contributed by atoms with E-state index in [-0.39, 0.29) is 30.3 Å². The Balaban J connectivity index is 1.32. The lowest BCUT2D eigenvalue weighted by molar-refractivity contribution is -0.152. The number of hydrogen-bond donors (Lipinski definition) is 3. The second-order valence-electron chi connectivity index (χ2n) is 10.3. The van der Waals surface area contributed by atoms with Gasteiger partial charge in [0.05, 0.1) is 5.92 Å². The normalized spacial score (nSPS) is 18.5. The molecule has 0 saturated carbocycles. The molecule has 0 spiro atoms. The zero-order chi connectivity index (χ0) is 27.6. The van der Waals surface area contributed by atoms with E-state index in [9.17, 15) is 14.7 Å². The van der Waals surface area contributed by atoms with Crippen molar-refractivity contribution in [3.8, 4) is 11.5 Å². The van der Waals surface area contributed by atoms with Gasteiger partial charge in [-0.3, -0.25) is 9.59 Å². The van der Waals surface area contributed by atoms with Crippen LogP contribution in [0.1, 0.15) is 37.8 Å². The van der Waals surface area contributed by atoms with E-state index in [1.807, 2.05) is 51.1 Å². The van der Waals surface area contributed by atoms with Crippen molar-refractivity contribution in [1.29, 1.82) is 0 Å². The second-order valence-corrected chi connectivity index (χ2v) is 10.3. The predicted octanol–water partition coefficient (Wildman–Crippen LogP) is 2.86. The summed E-state index contributed by atoms with van der Waals surface area (Å²) in [5, 5.41) is 17.9. The van der Waals surface area contributed by atoms with Crippen LogP contribution in [0.3, 0.4) is 0 Å². The number of aromatic nitrogens is 2. The third-order valence-corrected chi connectivity index (χ3v) is 7.23. The molecular weight excluding hydrogens is 496 g/mol. The first kappa shape index (κ1) is 26.6. The van der Waals surface area contributed by atoms with E-state index in [1.165, 1.54) is 6.33 Å². The molecule has 39 heavy (non-hydrogen) atoms. The lowest BCUT2D eigenvalue weighted by Gasteiger charge is -2.40. The Bertz CT molecular complexity index is 1330. The number of amides is 2. The van der Waals surface area contributed by atoms with E-state index in [4.69, 9.17) is 4.74 Å². The standard InChI is InChI=1S/C29H34N6O4/c1-19(2)30-17-29(38,21-9-11-23(12-10-21)39-22-7-5-4-6-8-22)28(37)35-15-13-34(14-16-35)26-24-20(3)27(36)33-25(24)31-18-32-26/h4-12,18-20,30,38H,13-17H2,1-3H3,(H,31,32,33,36)/t20?,29-/m0/s1. The fourth-order valence-corrected chi connectivity index (χ4v) is 4.95. The van der Waals surface area contributed by atoms with Gasteiger partial charge in [0, 0.05) is 44.3 Å². The number of piperazine rings is 1. The Morgan fingerprint density at radius 1 is 1.08 bits per heavy atom. The molecule has 3 heterocycles. The van der Waals surface area contributed by atoms with Crippen molar-refractivity contribution in [3.63, 3.8) is 0 Å². The van der Waals surface area contributed by atoms with Gasteiger partial charge in [0.2, 0.25) is 5.91 Å². The number of para-hydroxylation sites is 1. The quantitative estimate of drug-likeness (QED) is 0.407. The van der Waals surface area contributed by atoms with E-state index in [1.54, 1.807) is 29.2 Å². The third kappa shape index (κ3) is 5.43. The Hall–Kier alpha value is -4.02. The highest BCUT2D eigenvalue weighted by atomic mass is 16.5. The summed E-state index contributed by atoms with van der Waals surface area (Å²) in [7, 11) is 0. The molecule has 0 radical (unpaired) electrons. The fourth-order valence-electron chi connectivity index (χ4n) is 4.95. The molecule has 2 aliphatic heterocycles. The zero-order valence-electron chi connectivity index (χ0n) is 22.4. The molecule has 3 N–H and O–H groups in total. The smallest absolute Gasteiger partial charge is 0.260 e. The summed E-state index contributed by atoms with van der Waals surface area (Å²) in [4.78, 5) is 38.5. The Labute approximate surface area is 228 Å². The van der Waals surface area contributed by atoms with Crippen LogP contribution in [0.25, 0.3) is 0 Å². The maximum Gasteiger partial charge on any atom is 0.260 e. The van der Waals surface area contributed by atoms with Gasteiger partial charge in [0.1, 0.15) is 29.5 Å². The molecule has 1 unspecified atom stereocenters. The summed E-state index contributed by atoms with van der Waals surface area (Å²) in [5.41, 5.74) is -0.466. The van der Waals surface area contributed by atoms with Crippen LogP contribution < -0.4 is 20.3 Å². The highest BCUT2D eigenvalue weighted by Gasteiger charge is 2.42. The summed E-state index contributed by atoms with van der Waals surface area (Å²) in [6.07, 6.45) is 1.45. The molecule has 2 atom stereocenters. The van der Waals surface area contributed by atoms with Crippen molar-refractivity contribution in [2.24, 2.45) is 0 Å². The number of nitrogens with zero attached hydrogens (tertiary/aromatic N) is 4. The number of ether oxygens (including phenoxy) is 1. The van der Waals surface area contributed by atoms with Crippen molar-refractivity contribution in [1.82, 2.24) is 20.2 Å². The van der Waals surface area contributed by atoms with Crippen molar-refractivity contribution >= 4 is 23.5 Å². The summed E-state index contributed by atoms with van der Waals surface area (Å²) in [6.45, 7) is 7.72. The van der Waals surface area contributed by atoms with Crippen LogP contribution in [-0.4, -0.2) is 70.6 Å². The molecule has 3 aromatic rings. The molecule has 1 fully saturated rings. The van der Waals surface area contributed by atoms with Gasteiger partial charge in [-0.1, -0.05) is 44.2 Å².